The highest BCUT2D eigenvalue weighted by Gasteiger charge is 2.22. The summed E-state index contributed by atoms with van der Waals surface area (Å²) in [5, 5.41) is 9.39. The van der Waals surface area contributed by atoms with Gasteiger partial charge in [-0.1, -0.05) is 97.1 Å². The quantitative estimate of drug-likeness (QED) is 0.237. The van der Waals surface area contributed by atoms with Gasteiger partial charge in [0.25, 0.3) is 0 Å². The molecular formula is C37H26N2O. The van der Waals surface area contributed by atoms with Crippen molar-refractivity contribution < 1.29 is 4.42 Å². The number of nitrogens with zero attached hydrogens (tertiary/aromatic N) is 1. The molecule has 0 aliphatic carbocycles. The van der Waals surface area contributed by atoms with Crippen molar-refractivity contribution in [2.45, 2.75) is 6.54 Å². The van der Waals surface area contributed by atoms with E-state index in [-0.39, 0.29) is 0 Å². The van der Waals surface area contributed by atoms with Gasteiger partial charge in [0, 0.05) is 22.3 Å². The fourth-order valence-corrected chi connectivity index (χ4v) is 5.96. The Morgan fingerprint density at radius 1 is 0.575 bits per heavy atom. The molecule has 2 heterocycles. The van der Waals surface area contributed by atoms with Gasteiger partial charge in [-0.3, -0.25) is 0 Å². The second-order valence-electron chi connectivity index (χ2n) is 10.2. The van der Waals surface area contributed by atoms with Crippen LogP contribution in [0.1, 0.15) is 11.3 Å². The summed E-state index contributed by atoms with van der Waals surface area (Å²) in [6, 6.07) is 45.5. The molecule has 0 unspecified atom stereocenters. The third kappa shape index (κ3) is 3.67. The molecule has 3 heteroatoms. The van der Waals surface area contributed by atoms with Gasteiger partial charge in [-0.05, 0) is 75.3 Å². The monoisotopic (exact) mass is 514 g/mol. The zero-order valence-electron chi connectivity index (χ0n) is 21.8. The zero-order chi connectivity index (χ0) is 26.5. The van der Waals surface area contributed by atoms with E-state index in [1.807, 2.05) is 6.20 Å². The van der Waals surface area contributed by atoms with Crippen LogP contribution >= 0.6 is 0 Å². The van der Waals surface area contributed by atoms with Gasteiger partial charge in [0.05, 0.1) is 12.2 Å². The summed E-state index contributed by atoms with van der Waals surface area (Å²) in [5.41, 5.74) is 7.64. The average Bonchev–Trinajstić information content (AvgIpc) is 3.41. The van der Waals surface area contributed by atoms with E-state index in [1.165, 1.54) is 32.7 Å². The SMILES string of the molecule is C1=Cc2c(oc3c(N(c4ccc(-c5ccccc5)cc4)c4ccc5c(ccc6ccccc65)c4)cccc23)CN1. The van der Waals surface area contributed by atoms with Crippen LogP contribution in [0.5, 0.6) is 0 Å². The molecule has 3 nitrogen and oxygen atoms in total. The lowest BCUT2D eigenvalue weighted by Crippen LogP contribution is -2.10. The van der Waals surface area contributed by atoms with Crippen molar-refractivity contribution >= 4 is 55.7 Å². The molecule has 1 aliphatic heterocycles. The van der Waals surface area contributed by atoms with Gasteiger partial charge in [0.1, 0.15) is 5.76 Å². The van der Waals surface area contributed by atoms with Crippen molar-refractivity contribution in [3.8, 4) is 11.1 Å². The predicted molar refractivity (Wildman–Crippen MR) is 167 cm³/mol. The van der Waals surface area contributed by atoms with Gasteiger partial charge < -0.3 is 14.6 Å². The minimum Gasteiger partial charge on any atom is -0.456 e. The molecule has 0 amide bonds. The number of fused-ring (bicyclic) bond motifs is 6. The van der Waals surface area contributed by atoms with E-state index < -0.39 is 0 Å². The zero-order valence-corrected chi connectivity index (χ0v) is 21.8. The van der Waals surface area contributed by atoms with Crippen molar-refractivity contribution in [2.24, 2.45) is 0 Å². The highest BCUT2D eigenvalue weighted by atomic mass is 16.3. The molecule has 0 saturated heterocycles. The summed E-state index contributed by atoms with van der Waals surface area (Å²) in [4.78, 5) is 2.32. The molecule has 1 aliphatic rings. The van der Waals surface area contributed by atoms with E-state index >= 15 is 0 Å². The Labute approximate surface area is 232 Å². The van der Waals surface area contributed by atoms with Gasteiger partial charge in [-0.15, -0.1) is 0 Å². The highest BCUT2D eigenvalue weighted by molar-refractivity contribution is 6.09. The lowest BCUT2D eigenvalue weighted by atomic mass is 10.0. The standard InChI is InChI=1S/C37H26N2O/c1-2-7-25(8-3-1)26-15-17-29(18-16-26)39(35-12-6-11-34-33-21-22-38-24-36(33)40-37(34)35)30-19-20-32-28(23-30)14-13-27-9-4-5-10-31(27)32/h1-23,38H,24H2. The molecule has 1 N–H and O–H groups in total. The molecule has 0 atom stereocenters. The molecule has 0 spiro atoms. The first-order valence-electron chi connectivity index (χ1n) is 13.6. The number of para-hydroxylation sites is 1. The van der Waals surface area contributed by atoms with Gasteiger partial charge in [-0.25, -0.2) is 0 Å². The van der Waals surface area contributed by atoms with Crippen LogP contribution in [0.25, 0.3) is 49.7 Å². The largest absolute Gasteiger partial charge is 0.456 e. The summed E-state index contributed by atoms with van der Waals surface area (Å²) in [6.45, 7) is 0.689. The third-order valence-corrected chi connectivity index (χ3v) is 7.90. The van der Waals surface area contributed by atoms with Crippen LogP contribution in [0.3, 0.4) is 0 Å². The molecule has 0 radical (unpaired) electrons. The van der Waals surface area contributed by atoms with Gasteiger partial charge >= 0.3 is 0 Å². The minimum atomic E-state index is 0.689. The average molecular weight is 515 g/mol. The number of benzene rings is 6. The number of anilines is 3. The first-order chi connectivity index (χ1) is 19.8. The fourth-order valence-electron chi connectivity index (χ4n) is 5.96. The Morgan fingerprint density at radius 3 is 2.20 bits per heavy atom. The van der Waals surface area contributed by atoms with Crippen molar-refractivity contribution in [1.82, 2.24) is 5.32 Å². The van der Waals surface area contributed by atoms with Crippen LogP contribution in [0.4, 0.5) is 17.1 Å². The van der Waals surface area contributed by atoms with Crippen LogP contribution < -0.4 is 10.2 Å². The summed E-state index contributed by atoms with van der Waals surface area (Å²) < 4.78 is 6.53. The maximum atomic E-state index is 6.53. The summed E-state index contributed by atoms with van der Waals surface area (Å²) in [7, 11) is 0. The molecule has 1 aromatic heterocycles. The second-order valence-corrected chi connectivity index (χ2v) is 10.2. The first kappa shape index (κ1) is 22.7. The maximum Gasteiger partial charge on any atom is 0.159 e. The number of hydrogen-bond donors (Lipinski definition) is 1. The highest BCUT2D eigenvalue weighted by Crippen LogP contribution is 2.43. The number of nitrogens with one attached hydrogen (secondary N) is 1. The summed E-state index contributed by atoms with van der Waals surface area (Å²) >= 11 is 0. The van der Waals surface area contributed by atoms with Crippen LogP contribution in [0, 0.1) is 0 Å². The van der Waals surface area contributed by atoms with Gasteiger partial charge in [0.2, 0.25) is 0 Å². The van der Waals surface area contributed by atoms with E-state index in [9.17, 15) is 0 Å². The van der Waals surface area contributed by atoms with E-state index in [0.29, 0.717) is 6.54 Å². The Morgan fingerprint density at radius 2 is 1.30 bits per heavy atom. The molecule has 0 bridgehead atoms. The summed E-state index contributed by atoms with van der Waals surface area (Å²) in [5.74, 6) is 0.967. The Balaban J connectivity index is 1.34. The Kier molecular flexibility index (Phi) is 5.20. The lowest BCUT2D eigenvalue weighted by Gasteiger charge is -2.26. The molecular weight excluding hydrogens is 488 g/mol. The molecule has 40 heavy (non-hydrogen) atoms. The Hall–Kier alpha value is -5.28. The third-order valence-electron chi connectivity index (χ3n) is 7.90. The van der Waals surface area contributed by atoms with Gasteiger partial charge in [0.15, 0.2) is 5.58 Å². The van der Waals surface area contributed by atoms with E-state index in [0.717, 1.165) is 39.4 Å². The molecule has 190 valence electrons. The summed E-state index contributed by atoms with van der Waals surface area (Å²) in [6.07, 6.45) is 4.10. The molecule has 0 saturated carbocycles. The normalized spacial score (nSPS) is 12.5. The second kappa shape index (κ2) is 9.18. The molecule has 8 rings (SSSR count). The van der Waals surface area contributed by atoms with E-state index in [2.05, 4.69) is 144 Å². The number of rotatable bonds is 4. The van der Waals surface area contributed by atoms with E-state index in [1.54, 1.807) is 0 Å². The van der Waals surface area contributed by atoms with Crippen LogP contribution in [-0.2, 0) is 6.54 Å². The van der Waals surface area contributed by atoms with Crippen molar-refractivity contribution in [2.75, 3.05) is 4.90 Å². The molecule has 0 fully saturated rings. The van der Waals surface area contributed by atoms with Crippen molar-refractivity contribution in [3.63, 3.8) is 0 Å². The predicted octanol–water partition coefficient (Wildman–Crippen LogP) is 9.95. The molecule has 6 aromatic carbocycles. The fraction of sp³-hybridized carbons (Fsp3) is 0.0270. The van der Waals surface area contributed by atoms with Gasteiger partial charge in [-0.2, -0.15) is 0 Å². The van der Waals surface area contributed by atoms with Crippen LogP contribution in [0.2, 0.25) is 0 Å². The Bertz CT molecular complexity index is 2050. The first-order valence-corrected chi connectivity index (χ1v) is 13.6. The lowest BCUT2D eigenvalue weighted by molar-refractivity contribution is 0.533. The van der Waals surface area contributed by atoms with Crippen LogP contribution in [0.15, 0.2) is 138 Å². The minimum absolute atomic E-state index is 0.689. The smallest absolute Gasteiger partial charge is 0.159 e. The topological polar surface area (TPSA) is 28.4 Å². The van der Waals surface area contributed by atoms with Crippen molar-refractivity contribution in [1.29, 1.82) is 0 Å². The molecule has 7 aromatic rings. The van der Waals surface area contributed by atoms with E-state index in [4.69, 9.17) is 4.42 Å². The number of furan rings is 1. The maximum absolute atomic E-state index is 6.53. The van der Waals surface area contributed by atoms with Crippen molar-refractivity contribution in [3.05, 3.63) is 145 Å². The van der Waals surface area contributed by atoms with Crippen LogP contribution in [-0.4, -0.2) is 0 Å². The number of hydrogen-bond acceptors (Lipinski definition) is 3.